The first-order chi connectivity index (χ1) is 16.2. The molecule has 4 rings (SSSR count). The van der Waals surface area contributed by atoms with E-state index in [4.69, 9.17) is 10.7 Å². The van der Waals surface area contributed by atoms with Crippen LogP contribution >= 0.6 is 11.3 Å². The number of sulfonamides is 1. The van der Waals surface area contributed by atoms with Crippen LogP contribution in [-0.4, -0.2) is 52.3 Å². The van der Waals surface area contributed by atoms with E-state index in [1.807, 2.05) is 12.1 Å². The molecule has 9 nitrogen and oxygen atoms in total. The van der Waals surface area contributed by atoms with Gasteiger partial charge >= 0.3 is 0 Å². The Labute approximate surface area is 204 Å². The van der Waals surface area contributed by atoms with E-state index in [0.29, 0.717) is 26.0 Å². The van der Waals surface area contributed by atoms with Gasteiger partial charge in [0.1, 0.15) is 9.04 Å². The van der Waals surface area contributed by atoms with Crippen molar-refractivity contribution in [3.8, 4) is 11.3 Å². The van der Waals surface area contributed by atoms with Crippen molar-refractivity contribution in [3.05, 3.63) is 42.8 Å². The third-order valence-electron chi connectivity index (χ3n) is 5.30. The van der Waals surface area contributed by atoms with Gasteiger partial charge in [0.05, 0.1) is 28.4 Å². The maximum Gasteiger partial charge on any atom is 0.236 e. The van der Waals surface area contributed by atoms with E-state index in [1.165, 1.54) is 23.7 Å². The minimum absolute atomic E-state index is 0.0311. The molecule has 0 saturated heterocycles. The lowest BCUT2D eigenvalue weighted by molar-refractivity contribution is 0.505. The topological polar surface area (TPSA) is 140 Å². The summed E-state index contributed by atoms with van der Waals surface area (Å²) in [6, 6.07) is 1.85. The molecule has 0 amide bonds. The highest BCUT2D eigenvalue weighted by Gasteiger charge is 2.29. The summed E-state index contributed by atoms with van der Waals surface area (Å²) in [4.78, 5) is 17.8. The third kappa shape index (κ3) is 4.93. The average molecular weight is 517 g/mol. The summed E-state index contributed by atoms with van der Waals surface area (Å²) in [6.45, 7) is 3.80. The Bertz CT molecular complexity index is 1440. The maximum absolute atomic E-state index is 13.1. The molecular formula is C22H24N6O3S3. The molecule has 3 N–H and O–H groups in total. The molecule has 1 atom stereocenters. The molecule has 1 fully saturated rings. The SMILES string of the molecule is C=C/C=C(\C=NC)c1cc(-c2cnc(NS(C)(=O)=O)nc2)nc2sc(S(=O)C3CCC3)c(N)c12. The quantitative estimate of drug-likeness (QED) is 0.344. The molecule has 0 radical (unpaired) electrons. The first kappa shape index (κ1) is 24.2. The van der Waals surface area contributed by atoms with E-state index >= 15 is 0 Å². The number of pyridine rings is 1. The standard InChI is InChI=1S/C22H24N6O3S3/c1-4-6-13(10-24-2)16-9-17(14-11-25-22(26-12-14)28-34(3,30)31)27-20-18(16)19(23)21(32-20)33(29)15-7-5-8-15/h4,6,9-12,15H,1,5,7-8,23H2,2-3H3,(H,25,26,28)/b13-6+,24-10?. The predicted octanol–water partition coefficient (Wildman–Crippen LogP) is 3.64. The van der Waals surface area contributed by atoms with Crippen LogP contribution in [0.2, 0.25) is 0 Å². The molecule has 34 heavy (non-hydrogen) atoms. The molecule has 1 aliphatic carbocycles. The van der Waals surface area contributed by atoms with E-state index in [9.17, 15) is 12.6 Å². The monoisotopic (exact) mass is 516 g/mol. The Morgan fingerprint density at radius 3 is 2.62 bits per heavy atom. The van der Waals surface area contributed by atoms with Gasteiger partial charge in [0.2, 0.25) is 16.0 Å². The highest BCUT2D eigenvalue weighted by atomic mass is 32.2. The first-order valence-corrected chi connectivity index (χ1v) is 14.3. The number of nitrogen functional groups attached to an aromatic ring is 1. The number of aliphatic imine (C=N–C) groups is 1. The molecule has 1 aliphatic rings. The van der Waals surface area contributed by atoms with Crippen LogP contribution in [0.4, 0.5) is 11.6 Å². The lowest BCUT2D eigenvalue weighted by Gasteiger charge is -2.23. The zero-order chi connectivity index (χ0) is 24.5. The number of anilines is 2. The van der Waals surface area contributed by atoms with Gasteiger partial charge < -0.3 is 5.73 Å². The Hall–Kier alpha value is -2.96. The molecule has 178 valence electrons. The van der Waals surface area contributed by atoms with Crippen LogP contribution in [0.1, 0.15) is 24.8 Å². The van der Waals surface area contributed by atoms with Gasteiger partial charge in [-0.15, -0.1) is 11.3 Å². The lowest BCUT2D eigenvalue weighted by atomic mass is 10.00. The van der Waals surface area contributed by atoms with E-state index in [0.717, 1.165) is 42.0 Å². The van der Waals surface area contributed by atoms with Crippen molar-refractivity contribution < 1.29 is 12.6 Å². The zero-order valence-electron chi connectivity index (χ0n) is 18.7. The fourth-order valence-electron chi connectivity index (χ4n) is 3.51. The summed E-state index contributed by atoms with van der Waals surface area (Å²) in [5, 5.41) is 0.850. The molecule has 0 bridgehead atoms. The van der Waals surface area contributed by atoms with Gasteiger partial charge in [-0.25, -0.2) is 23.4 Å². The molecule has 3 aromatic rings. The number of nitrogens with two attached hydrogens (primary N) is 1. The van der Waals surface area contributed by atoms with E-state index < -0.39 is 20.8 Å². The van der Waals surface area contributed by atoms with E-state index in [-0.39, 0.29) is 11.2 Å². The Kier molecular flexibility index (Phi) is 6.91. The molecule has 0 aromatic carbocycles. The Morgan fingerprint density at radius 2 is 2.06 bits per heavy atom. The minimum Gasteiger partial charge on any atom is -0.396 e. The summed E-state index contributed by atoms with van der Waals surface area (Å²) in [5.74, 6) is -0.0311. The fourth-order valence-corrected chi connectivity index (χ4v) is 7.16. The molecule has 3 aromatic heterocycles. The van der Waals surface area contributed by atoms with Crippen LogP contribution in [0.25, 0.3) is 27.0 Å². The predicted molar refractivity (Wildman–Crippen MR) is 140 cm³/mol. The molecule has 1 saturated carbocycles. The molecule has 0 aliphatic heterocycles. The van der Waals surface area contributed by atoms with Gasteiger partial charge in [-0.05, 0) is 24.5 Å². The van der Waals surface area contributed by atoms with Crippen LogP contribution in [0, 0.1) is 0 Å². The molecule has 3 heterocycles. The normalized spacial score (nSPS) is 16.0. The Morgan fingerprint density at radius 1 is 1.35 bits per heavy atom. The molecule has 0 spiro atoms. The summed E-state index contributed by atoms with van der Waals surface area (Å²) < 4.78 is 38.9. The van der Waals surface area contributed by atoms with Gasteiger partial charge in [-0.3, -0.25) is 13.9 Å². The summed E-state index contributed by atoms with van der Waals surface area (Å²) in [7, 11) is -3.01. The maximum atomic E-state index is 13.1. The number of rotatable bonds is 8. The number of hydrogen-bond acceptors (Lipinski definition) is 9. The number of nitrogens with zero attached hydrogens (tertiary/aromatic N) is 4. The van der Waals surface area contributed by atoms with Crippen molar-refractivity contribution in [2.45, 2.75) is 28.7 Å². The van der Waals surface area contributed by atoms with Crippen molar-refractivity contribution in [3.63, 3.8) is 0 Å². The van der Waals surface area contributed by atoms with Crippen LogP contribution in [0.5, 0.6) is 0 Å². The summed E-state index contributed by atoms with van der Waals surface area (Å²) >= 11 is 1.33. The third-order valence-corrected chi connectivity index (χ3v) is 9.16. The van der Waals surface area contributed by atoms with Crippen LogP contribution < -0.4 is 10.5 Å². The van der Waals surface area contributed by atoms with Crippen LogP contribution in [0.3, 0.4) is 0 Å². The lowest BCUT2D eigenvalue weighted by Crippen LogP contribution is -2.23. The number of nitrogens with one attached hydrogen (secondary N) is 1. The van der Waals surface area contributed by atoms with Gasteiger partial charge in [-0.1, -0.05) is 25.2 Å². The van der Waals surface area contributed by atoms with Crippen molar-refractivity contribution in [1.82, 2.24) is 15.0 Å². The van der Waals surface area contributed by atoms with Crippen LogP contribution in [-0.2, 0) is 20.8 Å². The minimum atomic E-state index is -3.49. The van der Waals surface area contributed by atoms with Crippen molar-refractivity contribution in [2.24, 2.45) is 4.99 Å². The van der Waals surface area contributed by atoms with Gasteiger partial charge in [0, 0.05) is 47.4 Å². The zero-order valence-corrected chi connectivity index (χ0v) is 21.1. The second-order valence-corrected chi connectivity index (χ2v) is 12.5. The highest BCUT2D eigenvalue weighted by Crippen LogP contribution is 2.43. The second-order valence-electron chi connectivity index (χ2n) is 7.80. The number of hydrogen-bond donors (Lipinski definition) is 2. The Balaban J connectivity index is 1.89. The van der Waals surface area contributed by atoms with Crippen LogP contribution in [0.15, 0.2) is 46.4 Å². The van der Waals surface area contributed by atoms with Gasteiger partial charge in [0.15, 0.2) is 0 Å². The van der Waals surface area contributed by atoms with Gasteiger partial charge in [-0.2, -0.15) is 0 Å². The van der Waals surface area contributed by atoms with Crippen molar-refractivity contribution >= 4 is 65.8 Å². The number of thiophene rings is 1. The number of aromatic nitrogens is 3. The fraction of sp³-hybridized carbons (Fsp3) is 0.273. The largest absolute Gasteiger partial charge is 0.396 e. The molecular weight excluding hydrogens is 492 g/mol. The second kappa shape index (κ2) is 9.72. The number of allylic oxidation sites excluding steroid dienone is 3. The molecule has 1 unspecified atom stereocenters. The summed E-state index contributed by atoms with van der Waals surface area (Å²) in [6.07, 6.45) is 12.1. The van der Waals surface area contributed by atoms with Crippen molar-refractivity contribution in [1.29, 1.82) is 0 Å². The van der Waals surface area contributed by atoms with Gasteiger partial charge in [0.25, 0.3) is 0 Å². The number of fused-ring (bicyclic) bond motifs is 1. The average Bonchev–Trinajstić information content (AvgIpc) is 3.08. The first-order valence-electron chi connectivity index (χ1n) is 10.4. The highest BCUT2D eigenvalue weighted by molar-refractivity contribution is 7.92. The van der Waals surface area contributed by atoms with E-state index in [2.05, 4.69) is 26.3 Å². The smallest absolute Gasteiger partial charge is 0.236 e. The molecule has 12 heteroatoms. The van der Waals surface area contributed by atoms with Crippen molar-refractivity contribution in [2.75, 3.05) is 23.8 Å². The summed E-state index contributed by atoms with van der Waals surface area (Å²) in [5.41, 5.74) is 9.71. The van der Waals surface area contributed by atoms with E-state index in [1.54, 1.807) is 19.3 Å².